The topological polar surface area (TPSA) is 17.1 Å². The average molecular weight is 373 g/mol. The van der Waals surface area contributed by atoms with Gasteiger partial charge in [0, 0.05) is 9.13 Å². The summed E-state index contributed by atoms with van der Waals surface area (Å²) in [7, 11) is 0. The van der Waals surface area contributed by atoms with Crippen LogP contribution in [0.3, 0.4) is 0 Å². The summed E-state index contributed by atoms with van der Waals surface area (Å²) in [6, 6.07) is 5.35. The number of ketones is 1. The fourth-order valence-corrected chi connectivity index (χ4v) is 1.95. The summed E-state index contributed by atoms with van der Waals surface area (Å²) in [5.74, 6) is 0.0619. The Morgan fingerprint density at radius 3 is 2.77 bits per heavy atom. The third kappa shape index (κ3) is 2.67. The van der Waals surface area contributed by atoms with Gasteiger partial charge in [-0.15, -0.1) is 0 Å². The molecule has 1 nitrogen and oxygen atoms in total. The highest BCUT2D eigenvalue weighted by Gasteiger charge is 2.15. The molecule has 0 radical (unpaired) electrons. The first kappa shape index (κ1) is 11.5. The van der Waals surface area contributed by atoms with Crippen molar-refractivity contribution in [1.82, 2.24) is 0 Å². The molecule has 4 heteroatoms. The Balaban J connectivity index is 3.15. The summed E-state index contributed by atoms with van der Waals surface area (Å²) >= 11 is 11.2. The molecule has 1 atom stereocenters. The zero-order chi connectivity index (χ0) is 10.0. The lowest BCUT2D eigenvalue weighted by molar-refractivity contribution is 0.0995. The monoisotopic (exact) mass is 372 g/mol. The van der Waals surface area contributed by atoms with Crippen LogP contribution in [0.1, 0.15) is 17.3 Å². The number of rotatable bonds is 2. The fraction of sp³-hybridized carbons (Fsp3) is 0.222. The van der Waals surface area contributed by atoms with E-state index in [1.165, 1.54) is 0 Å². The molecule has 0 fully saturated rings. The Labute approximate surface area is 104 Å². The molecule has 13 heavy (non-hydrogen) atoms. The largest absolute Gasteiger partial charge is 0.293 e. The molecule has 1 aromatic rings. The number of benzene rings is 1. The minimum Gasteiger partial charge on any atom is -0.293 e. The average Bonchev–Trinajstić information content (AvgIpc) is 2.08. The first-order chi connectivity index (χ1) is 6.04. The molecule has 1 unspecified atom stereocenters. The summed E-state index contributed by atoms with van der Waals surface area (Å²) in [6.45, 7) is 1.80. The van der Waals surface area contributed by atoms with E-state index >= 15 is 0 Å². The first-order valence-corrected chi connectivity index (χ1v) is 6.03. The van der Waals surface area contributed by atoms with Gasteiger partial charge in [0.25, 0.3) is 0 Å². The lowest BCUT2D eigenvalue weighted by Gasteiger charge is -2.06. The van der Waals surface area contributed by atoms with Crippen molar-refractivity contribution >= 4 is 55.9 Å². The molecular weight excluding hydrogens is 366 g/mol. The van der Waals surface area contributed by atoms with Crippen LogP contribution in [0, 0.1) is 3.57 Å². The van der Waals surface area contributed by atoms with Crippen LogP contribution in [-0.4, -0.2) is 10.6 Å². The van der Waals surface area contributed by atoms with Gasteiger partial charge in [-0.25, -0.2) is 0 Å². The zero-order valence-corrected chi connectivity index (χ0v) is 11.4. The van der Waals surface area contributed by atoms with Crippen molar-refractivity contribution < 1.29 is 4.79 Å². The standard InChI is InChI=1S/C9H7BrClIO/c1-5(10)9(13)6-3-2-4-7(11)8(6)12/h2-5H,1H3. The lowest BCUT2D eigenvalue weighted by atomic mass is 10.1. The van der Waals surface area contributed by atoms with E-state index in [9.17, 15) is 4.79 Å². The summed E-state index contributed by atoms with van der Waals surface area (Å²) in [4.78, 5) is 11.4. The van der Waals surface area contributed by atoms with Gasteiger partial charge in [-0.2, -0.15) is 0 Å². The van der Waals surface area contributed by atoms with Crippen molar-refractivity contribution in [2.45, 2.75) is 11.8 Å². The van der Waals surface area contributed by atoms with E-state index in [1.807, 2.05) is 0 Å². The lowest BCUT2D eigenvalue weighted by Crippen LogP contribution is -2.11. The van der Waals surface area contributed by atoms with Gasteiger partial charge in [0.2, 0.25) is 0 Å². The molecule has 0 amide bonds. The second kappa shape index (κ2) is 4.75. The zero-order valence-electron chi connectivity index (χ0n) is 6.85. The van der Waals surface area contributed by atoms with Gasteiger partial charge in [-0.3, -0.25) is 4.79 Å². The molecule has 0 N–H and O–H groups in total. The SMILES string of the molecule is CC(Br)C(=O)c1cccc(Cl)c1I. The van der Waals surface area contributed by atoms with E-state index in [0.29, 0.717) is 10.6 Å². The molecule has 0 aliphatic carbocycles. The van der Waals surface area contributed by atoms with E-state index in [2.05, 4.69) is 38.5 Å². The highest BCUT2D eigenvalue weighted by Crippen LogP contribution is 2.24. The summed E-state index contributed by atoms with van der Waals surface area (Å²) in [5.41, 5.74) is 0.678. The number of Topliss-reactive ketones (excluding diaryl/α,β-unsaturated/α-hetero) is 1. The smallest absolute Gasteiger partial charge is 0.177 e. The van der Waals surface area contributed by atoms with Gasteiger partial charge >= 0.3 is 0 Å². The second-order valence-corrected chi connectivity index (χ2v) is 5.44. The van der Waals surface area contributed by atoms with Crippen LogP contribution >= 0.6 is 50.1 Å². The molecule has 0 saturated carbocycles. The third-order valence-corrected chi connectivity index (χ3v) is 3.79. The van der Waals surface area contributed by atoms with Gasteiger partial charge in [-0.1, -0.05) is 39.7 Å². The van der Waals surface area contributed by atoms with Crippen molar-refractivity contribution in [3.63, 3.8) is 0 Å². The van der Waals surface area contributed by atoms with Crippen LogP contribution in [0.2, 0.25) is 5.02 Å². The Morgan fingerprint density at radius 2 is 2.23 bits per heavy atom. The molecule has 0 saturated heterocycles. The first-order valence-electron chi connectivity index (χ1n) is 3.66. The van der Waals surface area contributed by atoms with Crippen LogP contribution < -0.4 is 0 Å². The van der Waals surface area contributed by atoms with Crippen molar-refractivity contribution in [1.29, 1.82) is 0 Å². The molecule has 70 valence electrons. The van der Waals surface area contributed by atoms with Gasteiger partial charge < -0.3 is 0 Å². The summed E-state index contributed by atoms with van der Waals surface area (Å²) in [5, 5.41) is 0.625. The van der Waals surface area contributed by atoms with Crippen molar-refractivity contribution in [3.8, 4) is 0 Å². The Hall–Kier alpha value is 0.390. The van der Waals surface area contributed by atoms with Gasteiger partial charge in [0.05, 0.1) is 9.85 Å². The maximum Gasteiger partial charge on any atom is 0.177 e. The minimum absolute atomic E-state index is 0.0619. The van der Waals surface area contributed by atoms with E-state index < -0.39 is 0 Å². The quantitative estimate of drug-likeness (QED) is 0.436. The molecule has 0 bridgehead atoms. The fourth-order valence-electron chi connectivity index (χ4n) is 0.908. The van der Waals surface area contributed by atoms with Crippen LogP contribution in [0.15, 0.2) is 18.2 Å². The van der Waals surface area contributed by atoms with E-state index in [0.717, 1.165) is 3.57 Å². The van der Waals surface area contributed by atoms with Crippen LogP contribution in [0.4, 0.5) is 0 Å². The maximum atomic E-state index is 11.6. The van der Waals surface area contributed by atoms with Gasteiger partial charge in [0.1, 0.15) is 0 Å². The number of hydrogen-bond donors (Lipinski definition) is 0. The predicted octanol–water partition coefficient (Wildman–Crippen LogP) is 3.91. The molecule has 0 aromatic heterocycles. The number of carbonyl (C=O) groups excluding carboxylic acids is 1. The highest BCUT2D eigenvalue weighted by molar-refractivity contribution is 14.1. The molecule has 0 aliphatic heterocycles. The van der Waals surface area contributed by atoms with Crippen molar-refractivity contribution in [3.05, 3.63) is 32.4 Å². The Kier molecular flexibility index (Phi) is 4.19. The molecule has 1 aromatic carbocycles. The maximum absolute atomic E-state index is 11.6. The summed E-state index contributed by atoms with van der Waals surface area (Å²) in [6.07, 6.45) is 0. The van der Waals surface area contributed by atoms with Gasteiger partial charge in [0.15, 0.2) is 5.78 Å². The van der Waals surface area contributed by atoms with Crippen LogP contribution in [0.25, 0.3) is 0 Å². The summed E-state index contributed by atoms with van der Waals surface area (Å²) < 4.78 is 0.818. The van der Waals surface area contributed by atoms with E-state index in [4.69, 9.17) is 11.6 Å². The van der Waals surface area contributed by atoms with Crippen LogP contribution in [0.5, 0.6) is 0 Å². The highest BCUT2D eigenvalue weighted by atomic mass is 127. The minimum atomic E-state index is -0.167. The van der Waals surface area contributed by atoms with Crippen LogP contribution in [-0.2, 0) is 0 Å². The number of halogens is 3. The molecule has 0 aliphatic rings. The normalized spacial score (nSPS) is 12.6. The Morgan fingerprint density at radius 1 is 1.62 bits per heavy atom. The number of carbonyl (C=O) groups is 1. The second-order valence-electron chi connectivity index (χ2n) is 2.58. The number of alkyl halides is 1. The Bertz CT molecular complexity index is 338. The van der Waals surface area contributed by atoms with Gasteiger partial charge in [-0.05, 0) is 35.6 Å². The van der Waals surface area contributed by atoms with E-state index in [-0.39, 0.29) is 10.6 Å². The van der Waals surface area contributed by atoms with Crippen molar-refractivity contribution in [2.24, 2.45) is 0 Å². The molecular formula is C9H7BrClIO. The van der Waals surface area contributed by atoms with Crippen molar-refractivity contribution in [2.75, 3.05) is 0 Å². The predicted molar refractivity (Wildman–Crippen MR) is 66.9 cm³/mol. The number of hydrogen-bond acceptors (Lipinski definition) is 1. The molecule has 0 spiro atoms. The molecule has 1 rings (SSSR count). The van der Waals surface area contributed by atoms with E-state index in [1.54, 1.807) is 25.1 Å². The third-order valence-electron chi connectivity index (χ3n) is 1.58. The molecule has 0 heterocycles.